The zero-order valence-corrected chi connectivity index (χ0v) is 6.80. The molecule has 0 aromatic heterocycles. The monoisotopic (exact) mass is 208 g/mol. The molecule has 0 fully saturated rings. The van der Waals surface area contributed by atoms with E-state index in [9.17, 15) is 26.3 Å². The van der Waals surface area contributed by atoms with Gasteiger partial charge in [0.25, 0.3) is 0 Å². The molecule has 0 spiro atoms. The molecule has 6 heteroatoms. The van der Waals surface area contributed by atoms with Crippen LogP contribution in [0.5, 0.6) is 0 Å². The fourth-order valence-electron chi connectivity index (χ4n) is 0.828. The molecule has 80 valence electrons. The van der Waals surface area contributed by atoms with E-state index in [4.69, 9.17) is 0 Å². The van der Waals surface area contributed by atoms with Crippen LogP contribution in [0.25, 0.3) is 0 Å². The summed E-state index contributed by atoms with van der Waals surface area (Å²) in [7, 11) is 0. The second-order valence-corrected chi connectivity index (χ2v) is 2.79. The maximum Gasteiger partial charge on any atom is 0.389 e. The minimum Gasteiger partial charge on any atom is -0.171 e. The lowest BCUT2D eigenvalue weighted by Crippen LogP contribution is -2.08. The van der Waals surface area contributed by atoms with E-state index in [1.807, 2.05) is 0 Å². The van der Waals surface area contributed by atoms with Gasteiger partial charge in [-0.05, 0) is 12.8 Å². The highest BCUT2D eigenvalue weighted by Gasteiger charge is 2.28. The van der Waals surface area contributed by atoms with Gasteiger partial charge in [0.1, 0.15) is 0 Å². The summed E-state index contributed by atoms with van der Waals surface area (Å²) in [4.78, 5) is 0. The van der Waals surface area contributed by atoms with E-state index in [1.54, 1.807) is 0 Å². The lowest BCUT2D eigenvalue weighted by Gasteiger charge is -2.07. The van der Waals surface area contributed by atoms with Gasteiger partial charge in [-0.3, -0.25) is 0 Å². The normalized spacial score (nSPS) is 13.4. The van der Waals surface area contributed by atoms with Gasteiger partial charge in [0.05, 0.1) is 0 Å². The van der Waals surface area contributed by atoms with Crippen molar-refractivity contribution in [3.05, 3.63) is 0 Å². The van der Waals surface area contributed by atoms with Crippen LogP contribution < -0.4 is 0 Å². The molecular weight excluding hydrogens is 198 g/mol. The molecular formula is C7H10F6. The van der Waals surface area contributed by atoms with Gasteiger partial charge in [0, 0.05) is 12.8 Å². The quantitative estimate of drug-likeness (QED) is 0.482. The van der Waals surface area contributed by atoms with E-state index in [0.29, 0.717) is 0 Å². The highest BCUT2D eigenvalue weighted by molar-refractivity contribution is 4.54. The summed E-state index contributed by atoms with van der Waals surface area (Å²) in [6, 6.07) is 0. The third kappa shape index (κ3) is 11.6. The Kier molecular flexibility index (Phi) is 4.56. The third-order valence-electron chi connectivity index (χ3n) is 1.42. The summed E-state index contributed by atoms with van der Waals surface area (Å²) in [5.41, 5.74) is 0. The lowest BCUT2D eigenvalue weighted by atomic mass is 10.1. The van der Waals surface area contributed by atoms with E-state index >= 15 is 0 Å². The molecule has 0 N–H and O–H groups in total. The van der Waals surface area contributed by atoms with E-state index in [-0.39, 0.29) is 19.3 Å². The Morgan fingerprint density at radius 1 is 0.538 bits per heavy atom. The second kappa shape index (κ2) is 4.72. The predicted molar refractivity (Wildman–Crippen MR) is 35.2 cm³/mol. The van der Waals surface area contributed by atoms with Gasteiger partial charge in [-0.15, -0.1) is 0 Å². The summed E-state index contributed by atoms with van der Waals surface area (Å²) in [6.45, 7) is 0. The van der Waals surface area contributed by atoms with Crippen LogP contribution in [0.4, 0.5) is 26.3 Å². The van der Waals surface area contributed by atoms with Crippen molar-refractivity contribution in [3.63, 3.8) is 0 Å². The second-order valence-electron chi connectivity index (χ2n) is 2.79. The predicted octanol–water partition coefficient (Wildman–Crippen LogP) is 4.06. The van der Waals surface area contributed by atoms with Crippen LogP contribution in [-0.4, -0.2) is 12.4 Å². The zero-order chi connectivity index (χ0) is 10.5. The Labute approximate surface area is 71.9 Å². The van der Waals surface area contributed by atoms with Gasteiger partial charge in [0.15, 0.2) is 0 Å². The van der Waals surface area contributed by atoms with Crippen LogP contribution in [0.3, 0.4) is 0 Å². The molecule has 0 aromatic rings. The first kappa shape index (κ1) is 12.6. The van der Waals surface area contributed by atoms with Crippen molar-refractivity contribution in [3.8, 4) is 0 Å². The maximum absolute atomic E-state index is 11.5. The van der Waals surface area contributed by atoms with Crippen LogP contribution >= 0.6 is 0 Å². The van der Waals surface area contributed by atoms with Gasteiger partial charge in [-0.25, -0.2) is 0 Å². The lowest BCUT2D eigenvalue weighted by molar-refractivity contribution is -0.139. The van der Waals surface area contributed by atoms with Crippen LogP contribution in [0, 0.1) is 0 Å². The van der Waals surface area contributed by atoms with Crippen molar-refractivity contribution >= 4 is 0 Å². The molecule has 0 saturated carbocycles. The molecule has 0 heterocycles. The summed E-state index contributed by atoms with van der Waals surface area (Å²) in [5, 5.41) is 0. The summed E-state index contributed by atoms with van der Waals surface area (Å²) < 4.78 is 69.0. The highest BCUT2D eigenvalue weighted by Crippen LogP contribution is 2.26. The molecule has 0 aliphatic heterocycles. The Bertz CT molecular complexity index is 117. The van der Waals surface area contributed by atoms with Gasteiger partial charge < -0.3 is 0 Å². The molecule has 0 aliphatic rings. The average Bonchev–Trinajstić information content (AvgIpc) is 1.81. The molecule has 0 radical (unpaired) electrons. The van der Waals surface area contributed by atoms with Crippen LogP contribution in [0.15, 0.2) is 0 Å². The number of unbranched alkanes of at least 4 members (excludes halogenated alkanes) is 2. The van der Waals surface area contributed by atoms with E-state index in [2.05, 4.69) is 0 Å². The van der Waals surface area contributed by atoms with Crippen molar-refractivity contribution in [1.29, 1.82) is 0 Å². The van der Waals surface area contributed by atoms with E-state index in [0.717, 1.165) is 0 Å². The SMILES string of the molecule is FC(F)(F)CCCCCC(F)(F)F. The molecule has 0 bridgehead atoms. The van der Waals surface area contributed by atoms with Crippen molar-refractivity contribution in [2.45, 2.75) is 44.5 Å². The molecule has 0 aliphatic carbocycles. The number of halogens is 6. The Morgan fingerprint density at radius 2 is 0.846 bits per heavy atom. The average molecular weight is 208 g/mol. The summed E-state index contributed by atoms with van der Waals surface area (Å²) in [6.07, 6.45) is -11.0. The minimum absolute atomic E-state index is 0.0288. The van der Waals surface area contributed by atoms with Crippen LogP contribution in [0.1, 0.15) is 32.1 Å². The standard InChI is InChI=1S/C7H10F6/c8-6(9,10)4-2-1-3-5-7(11,12)13/h1-5H2. The third-order valence-corrected chi connectivity index (χ3v) is 1.42. The molecule has 0 aromatic carbocycles. The maximum atomic E-state index is 11.5. The van der Waals surface area contributed by atoms with Gasteiger partial charge in [-0.2, -0.15) is 26.3 Å². The molecule has 0 rings (SSSR count). The molecule has 0 unspecified atom stereocenters. The van der Waals surface area contributed by atoms with Crippen LogP contribution in [0.2, 0.25) is 0 Å². The first-order valence-corrected chi connectivity index (χ1v) is 3.84. The number of rotatable bonds is 4. The summed E-state index contributed by atoms with van der Waals surface area (Å²) in [5.74, 6) is 0. The number of alkyl halides is 6. The van der Waals surface area contributed by atoms with Crippen molar-refractivity contribution in [2.24, 2.45) is 0 Å². The number of hydrogen-bond donors (Lipinski definition) is 0. The Hall–Kier alpha value is -0.420. The molecule has 13 heavy (non-hydrogen) atoms. The van der Waals surface area contributed by atoms with Gasteiger partial charge >= 0.3 is 12.4 Å². The van der Waals surface area contributed by atoms with Crippen molar-refractivity contribution in [2.75, 3.05) is 0 Å². The summed E-state index contributed by atoms with van der Waals surface area (Å²) >= 11 is 0. The van der Waals surface area contributed by atoms with Gasteiger partial charge in [-0.1, -0.05) is 6.42 Å². The minimum atomic E-state index is -4.25. The molecule has 0 saturated heterocycles. The van der Waals surface area contributed by atoms with Crippen molar-refractivity contribution in [1.82, 2.24) is 0 Å². The Morgan fingerprint density at radius 3 is 1.08 bits per heavy atom. The first-order chi connectivity index (χ1) is 5.71. The fourth-order valence-corrected chi connectivity index (χ4v) is 0.828. The topological polar surface area (TPSA) is 0 Å². The van der Waals surface area contributed by atoms with Crippen LogP contribution in [-0.2, 0) is 0 Å². The zero-order valence-electron chi connectivity index (χ0n) is 6.80. The highest BCUT2D eigenvalue weighted by atomic mass is 19.4. The van der Waals surface area contributed by atoms with Crippen molar-refractivity contribution < 1.29 is 26.3 Å². The molecule has 0 atom stereocenters. The largest absolute Gasteiger partial charge is 0.389 e. The van der Waals surface area contributed by atoms with E-state index < -0.39 is 25.2 Å². The smallest absolute Gasteiger partial charge is 0.171 e. The fraction of sp³-hybridized carbons (Fsp3) is 1.00. The number of hydrogen-bond acceptors (Lipinski definition) is 0. The first-order valence-electron chi connectivity index (χ1n) is 3.84. The van der Waals surface area contributed by atoms with E-state index in [1.165, 1.54) is 0 Å². The molecule has 0 nitrogen and oxygen atoms in total. The van der Waals surface area contributed by atoms with Gasteiger partial charge in [0.2, 0.25) is 0 Å². The molecule has 0 amide bonds. The Balaban J connectivity index is 3.28.